The van der Waals surface area contributed by atoms with Crippen molar-refractivity contribution in [2.45, 2.75) is 38.1 Å². The molecule has 0 spiro atoms. The van der Waals surface area contributed by atoms with Gasteiger partial charge in [-0.1, -0.05) is 54.8 Å². The molecule has 0 N–H and O–H groups in total. The van der Waals surface area contributed by atoms with Crippen LogP contribution in [0.2, 0.25) is 0 Å². The van der Waals surface area contributed by atoms with Crippen LogP contribution in [0.5, 0.6) is 0 Å². The van der Waals surface area contributed by atoms with Gasteiger partial charge in [0.2, 0.25) is 5.82 Å². The summed E-state index contributed by atoms with van der Waals surface area (Å²) in [5, 5.41) is 4.10. The second-order valence-corrected chi connectivity index (χ2v) is 8.01. The summed E-state index contributed by atoms with van der Waals surface area (Å²) in [5.74, 6) is 2.13. The molecule has 2 aromatic heterocycles. The first-order valence-corrected chi connectivity index (χ1v) is 10.7. The fourth-order valence-electron chi connectivity index (χ4n) is 4.51. The van der Waals surface area contributed by atoms with Crippen LogP contribution in [-0.4, -0.2) is 52.2 Å². The molecular weight excluding hydrogens is 362 g/mol. The third kappa shape index (κ3) is 4.03. The van der Waals surface area contributed by atoms with Gasteiger partial charge in [-0.25, -0.2) is 4.98 Å². The van der Waals surface area contributed by atoms with Crippen molar-refractivity contribution in [3.8, 4) is 22.8 Å². The number of piperazine rings is 1. The smallest absolute Gasteiger partial charge is 0.259 e. The van der Waals surface area contributed by atoms with Crippen LogP contribution in [0.3, 0.4) is 0 Å². The van der Waals surface area contributed by atoms with E-state index in [9.17, 15) is 0 Å². The molecule has 150 valence electrons. The van der Waals surface area contributed by atoms with Gasteiger partial charge in [0.15, 0.2) is 0 Å². The van der Waals surface area contributed by atoms with E-state index in [1.807, 2.05) is 42.6 Å². The molecule has 29 heavy (non-hydrogen) atoms. The van der Waals surface area contributed by atoms with E-state index < -0.39 is 0 Å². The van der Waals surface area contributed by atoms with E-state index in [1.54, 1.807) is 0 Å². The fraction of sp³-hybridized carbons (Fsp3) is 0.435. The van der Waals surface area contributed by atoms with Crippen molar-refractivity contribution in [3.63, 3.8) is 0 Å². The van der Waals surface area contributed by atoms with Crippen LogP contribution in [0, 0.1) is 0 Å². The highest BCUT2D eigenvalue weighted by atomic mass is 16.5. The molecule has 1 aromatic carbocycles. The number of anilines is 1. The minimum absolute atomic E-state index is 0.505. The lowest BCUT2D eigenvalue weighted by Gasteiger charge is -2.41. The van der Waals surface area contributed by atoms with Crippen molar-refractivity contribution in [3.05, 3.63) is 48.7 Å². The van der Waals surface area contributed by atoms with Crippen LogP contribution < -0.4 is 4.90 Å². The standard InChI is InChI=1S/C23H27N5O/c1-3-7-18(8-4-1)22-25-23(29-26-22)19-11-12-21(24-17-19)28-15-13-27(14-16-28)20-9-5-2-6-10-20/h1,3-4,7-8,11-12,17,20H,2,5-6,9-10,13-16H2. The van der Waals surface area contributed by atoms with Gasteiger partial charge in [-0.05, 0) is 25.0 Å². The van der Waals surface area contributed by atoms with Gasteiger partial charge in [0.05, 0.1) is 5.56 Å². The molecule has 3 heterocycles. The summed E-state index contributed by atoms with van der Waals surface area (Å²) in [7, 11) is 0. The molecule has 5 rings (SSSR count). The Morgan fingerprint density at radius 1 is 0.828 bits per heavy atom. The lowest BCUT2D eigenvalue weighted by Crippen LogP contribution is -2.51. The summed E-state index contributed by atoms with van der Waals surface area (Å²) < 4.78 is 5.45. The Morgan fingerprint density at radius 3 is 2.34 bits per heavy atom. The highest BCUT2D eigenvalue weighted by Crippen LogP contribution is 2.26. The van der Waals surface area contributed by atoms with E-state index in [1.165, 1.54) is 32.1 Å². The van der Waals surface area contributed by atoms with E-state index in [0.29, 0.717) is 11.7 Å². The Bertz CT molecular complexity index is 910. The lowest BCUT2D eigenvalue weighted by atomic mass is 9.94. The molecule has 0 radical (unpaired) electrons. The maximum absolute atomic E-state index is 5.45. The van der Waals surface area contributed by atoms with Crippen molar-refractivity contribution in [1.29, 1.82) is 0 Å². The predicted octanol–water partition coefficient (Wildman–Crippen LogP) is 4.25. The molecule has 0 atom stereocenters. The van der Waals surface area contributed by atoms with E-state index in [0.717, 1.165) is 49.2 Å². The monoisotopic (exact) mass is 389 g/mol. The zero-order chi connectivity index (χ0) is 19.5. The van der Waals surface area contributed by atoms with Crippen LogP contribution in [0.15, 0.2) is 53.2 Å². The second-order valence-electron chi connectivity index (χ2n) is 8.01. The molecule has 1 aliphatic carbocycles. The van der Waals surface area contributed by atoms with Gasteiger partial charge in [-0.2, -0.15) is 4.98 Å². The molecule has 6 nitrogen and oxygen atoms in total. The van der Waals surface area contributed by atoms with Gasteiger partial charge in [-0.3, -0.25) is 4.90 Å². The molecule has 1 aliphatic heterocycles. The highest BCUT2D eigenvalue weighted by Gasteiger charge is 2.25. The largest absolute Gasteiger partial charge is 0.354 e. The second kappa shape index (κ2) is 8.33. The molecule has 0 amide bonds. The summed E-state index contributed by atoms with van der Waals surface area (Å²) in [6.45, 7) is 4.36. The molecular formula is C23H27N5O. The normalized spacial score (nSPS) is 18.8. The summed E-state index contributed by atoms with van der Waals surface area (Å²) in [6.07, 6.45) is 8.81. The number of pyridine rings is 1. The Hall–Kier alpha value is -2.73. The molecule has 1 saturated carbocycles. The Labute approximate surface area is 171 Å². The van der Waals surface area contributed by atoms with E-state index in [4.69, 9.17) is 4.52 Å². The van der Waals surface area contributed by atoms with Gasteiger partial charge in [0.25, 0.3) is 5.89 Å². The number of aromatic nitrogens is 3. The fourth-order valence-corrected chi connectivity index (χ4v) is 4.51. The quantitative estimate of drug-likeness (QED) is 0.665. The number of nitrogens with zero attached hydrogens (tertiary/aromatic N) is 5. The lowest BCUT2D eigenvalue weighted by molar-refractivity contribution is 0.147. The number of benzene rings is 1. The van der Waals surface area contributed by atoms with Crippen molar-refractivity contribution in [2.75, 3.05) is 31.1 Å². The number of rotatable bonds is 4. The zero-order valence-corrected chi connectivity index (χ0v) is 16.7. The maximum atomic E-state index is 5.45. The minimum Gasteiger partial charge on any atom is -0.354 e. The third-order valence-electron chi connectivity index (χ3n) is 6.18. The van der Waals surface area contributed by atoms with E-state index in [2.05, 4.69) is 31.0 Å². The Kier molecular flexibility index (Phi) is 5.26. The van der Waals surface area contributed by atoms with E-state index >= 15 is 0 Å². The van der Waals surface area contributed by atoms with Gasteiger partial charge in [-0.15, -0.1) is 0 Å². The molecule has 2 fully saturated rings. The first-order chi connectivity index (χ1) is 14.4. The maximum Gasteiger partial charge on any atom is 0.259 e. The van der Waals surface area contributed by atoms with Crippen LogP contribution in [-0.2, 0) is 0 Å². The van der Waals surface area contributed by atoms with Crippen LogP contribution in [0.1, 0.15) is 32.1 Å². The summed E-state index contributed by atoms with van der Waals surface area (Å²) in [6, 6.07) is 14.8. The number of hydrogen-bond acceptors (Lipinski definition) is 6. The van der Waals surface area contributed by atoms with Crippen molar-refractivity contribution >= 4 is 5.82 Å². The van der Waals surface area contributed by atoms with Crippen LogP contribution >= 0.6 is 0 Å². The summed E-state index contributed by atoms with van der Waals surface area (Å²) in [4.78, 5) is 14.3. The topological polar surface area (TPSA) is 58.3 Å². The molecule has 6 heteroatoms. The zero-order valence-electron chi connectivity index (χ0n) is 16.7. The molecule has 3 aromatic rings. The molecule has 0 bridgehead atoms. The Balaban J connectivity index is 1.22. The van der Waals surface area contributed by atoms with Gasteiger partial charge >= 0.3 is 0 Å². The average Bonchev–Trinajstić information content (AvgIpc) is 3.31. The third-order valence-corrected chi connectivity index (χ3v) is 6.18. The highest BCUT2D eigenvalue weighted by molar-refractivity contribution is 5.60. The first kappa shape index (κ1) is 18.3. The summed E-state index contributed by atoms with van der Waals surface area (Å²) in [5.41, 5.74) is 1.80. The van der Waals surface area contributed by atoms with E-state index in [-0.39, 0.29) is 0 Å². The van der Waals surface area contributed by atoms with Gasteiger partial charge in [0.1, 0.15) is 5.82 Å². The number of hydrogen-bond donors (Lipinski definition) is 0. The minimum atomic E-state index is 0.505. The molecule has 1 saturated heterocycles. The van der Waals surface area contributed by atoms with Crippen LogP contribution in [0.4, 0.5) is 5.82 Å². The molecule has 2 aliphatic rings. The van der Waals surface area contributed by atoms with Crippen molar-refractivity contribution in [1.82, 2.24) is 20.0 Å². The average molecular weight is 390 g/mol. The predicted molar refractivity (Wildman–Crippen MR) is 114 cm³/mol. The van der Waals surface area contributed by atoms with Crippen molar-refractivity contribution < 1.29 is 4.52 Å². The summed E-state index contributed by atoms with van der Waals surface area (Å²) >= 11 is 0. The van der Waals surface area contributed by atoms with Crippen molar-refractivity contribution in [2.24, 2.45) is 0 Å². The van der Waals surface area contributed by atoms with Gasteiger partial charge < -0.3 is 9.42 Å². The SMILES string of the molecule is c1ccc(-c2noc(-c3ccc(N4CCN(C5CCCCC5)CC4)nc3)n2)cc1. The Morgan fingerprint density at radius 2 is 1.62 bits per heavy atom. The first-order valence-electron chi connectivity index (χ1n) is 10.7. The van der Waals surface area contributed by atoms with Gasteiger partial charge in [0, 0.05) is 44.0 Å². The molecule has 0 unspecified atom stereocenters. The van der Waals surface area contributed by atoms with Crippen LogP contribution in [0.25, 0.3) is 22.8 Å².